The minimum Gasteiger partial charge on any atom is -0.497 e. The number of methoxy groups -OCH3 is 2. The molecule has 2 aromatic heterocycles. The molecule has 0 amide bonds. The number of ether oxygens (including phenoxy) is 2. The first-order valence-corrected chi connectivity index (χ1v) is 12.7. The van der Waals surface area contributed by atoms with E-state index in [0.717, 1.165) is 34.3 Å². The molecule has 0 spiro atoms. The second-order valence-electron chi connectivity index (χ2n) is 9.42. The number of anilines is 1. The average molecular weight is 513 g/mol. The minimum atomic E-state index is -0.159. The number of hydrogen-bond acceptors (Lipinski definition) is 4. The molecule has 1 N–H and O–H groups in total. The van der Waals surface area contributed by atoms with Crippen molar-refractivity contribution < 1.29 is 9.47 Å². The Hall–Kier alpha value is -3.84. The normalized spacial score (nSPS) is 17.1. The molecule has 1 saturated heterocycles. The summed E-state index contributed by atoms with van der Waals surface area (Å²) in [5.41, 5.74) is 9.00. The van der Waals surface area contributed by atoms with Crippen molar-refractivity contribution in [1.82, 2.24) is 14.9 Å². The third kappa shape index (κ3) is 4.23. The van der Waals surface area contributed by atoms with Crippen molar-refractivity contribution in [2.75, 3.05) is 19.1 Å². The van der Waals surface area contributed by atoms with E-state index in [1.54, 1.807) is 14.2 Å². The van der Waals surface area contributed by atoms with E-state index in [0.29, 0.717) is 5.11 Å². The van der Waals surface area contributed by atoms with Gasteiger partial charge in [0.2, 0.25) is 0 Å². The third-order valence-corrected chi connectivity index (χ3v) is 7.66. The molecule has 2 atom stereocenters. The molecule has 37 heavy (non-hydrogen) atoms. The van der Waals surface area contributed by atoms with E-state index in [2.05, 4.69) is 66.7 Å². The molecule has 6 nitrogen and oxygen atoms in total. The van der Waals surface area contributed by atoms with Gasteiger partial charge in [-0.15, -0.1) is 0 Å². The molecule has 0 aliphatic carbocycles. The summed E-state index contributed by atoms with van der Waals surface area (Å²) in [5, 5.41) is 4.18. The Morgan fingerprint density at radius 3 is 2.41 bits per heavy atom. The fourth-order valence-electron chi connectivity index (χ4n) is 5.35. The molecule has 1 aliphatic heterocycles. The van der Waals surface area contributed by atoms with Gasteiger partial charge in [-0.2, -0.15) is 0 Å². The summed E-state index contributed by atoms with van der Waals surface area (Å²) < 4.78 is 13.7. The number of pyridine rings is 1. The van der Waals surface area contributed by atoms with Gasteiger partial charge in [0.05, 0.1) is 37.7 Å². The van der Waals surface area contributed by atoms with Crippen LogP contribution in [0.3, 0.4) is 0 Å². The molecule has 7 heteroatoms. The van der Waals surface area contributed by atoms with Crippen molar-refractivity contribution in [2.45, 2.75) is 39.8 Å². The van der Waals surface area contributed by atoms with E-state index < -0.39 is 0 Å². The summed E-state index contributed by atoms with van der Waals surface area (Å²) in [4.78, 5) is 6.85. The van der Waals surface area contributed by atoms with Gasteiger partial charge < -0.3 is 24.3 Å². The fraction of sp³-hybridized carbons (Fsp3) is 0.267. The second kappa shape index (κ2) is 9.90. The van der Waals surface area contributed by atoms with Crippen LogP contribution < -0.4 is 19.7 Å². The highest BCUT2D eigenvalue weighted by atomic mass is 32.1. The highest BCUT2D eigenvalue weighted by Crippen LogP contribution is 2.47. The molecular weight excluding hydrogens is 480 g/mol. The van der Waals surface area contributed by atoms with Crippen LogP contribution in [-0.4, -0.2) is 28.9 Å². The summed E-state index contributed by atoms with van der Waals surface area (Å²) >= 11 is 5.96. The molecule has 2 aromatic carbocycles. The van der Waals surface area contributed by atoms with Gasteiger partial charge in [0, 0.05) is 29.3 Å². The third-order valence-electron chi connectivity index (χ3n) is 7.35. The topological polar surface area (TPSA) is 51.6 Å². The summed E-state index contributed by atoms with van der Waals surface area (Å²) in [5.74, 6) is 1.46. The van der Waals surface area contributed by atoms with Crippen molar-refractivity contribution in [3.63, 3.8) is 0 Å². The maximum atomic E-state index is 5.96. The van der Waals surface area contributed by atoms with Crippen LogP contribution in [0.5, 0.6) is 11.5 Å². The zero-order valence-corrected chi connectivity index (χ0v) is 22.9. The van der Waals surface area contributed by atoms with Gasteiger partial charge >= 0.3 is 0 Å². The van der Waals surface area contributed by atoms with Gasteiger partial charge in [-0.3, -0.25) is 4.98 Å². The number of aryl methyl sites for hydroxylation is 2. The average Bonchev–Trinajstić information content (AvgIpc) is 3.40. The van der Waals surface area contributed by atoms with Crippen molar-refractivity contribution >= 4 is 23.0 Å². The molecule has 0 unspecified atom stereocenters. The zero-order valence-electron chi connectivity index (χ0n) is 22.1. The first-order valence-electron chi connectivity index (χ1n) is 12.3. The van der Waals surface area contributed by atoms with Crippen LogP contribution in [0.2, 0.25) is 0 Å². The lowest BCUT2D eigenvalue weighted by Gasteiger charge is -2.29. The van der Waals surface area contributed by atoms with Gasteiger partial charge in [-0.1, -0.05) is 18.2 Å². The fourth-order valence-corrected chi connectivity index (χ4v) is 5.69. The lowest BCUT2D eigenvalue weighted by molar-refractivity contribution is 0.403. The number of hydrogen-bond donors (Lipinski definition) is 1. The smallest absolute Gasteiger partial charge is 0.174 e. The van der Waals surface area contributed by atoms with Crippen LogP contribution in [0, 0.1) is 27.7 Å². The predicted molar refractivity (Wildman–Crippen MR) is 152 cm³/mol. The van der Waals surface area contributed by atoms with Crippen molar-refractivity contribution in [1.29, 1.82) is 0 Å². The van der Waals surface area contributed by atoms with E-state index in [-0.39, 0.29) is 12.1 Å². The highest BCUT2D eigenvalue weighted by molar-refractivity contribution is 7.80. The van der Waals surface area contributed by atoms with Crippen molar-refractivity contribution in [3.8, 4) is 17.2 Å². The zero-order chi connectivity index (χ0) is 26.3. The molecule has 4 aromatic rings. The second-order valence-corrected chi connectivity index (χ2v) is 9.80. The number of nitrogens with zero attached hydrogens (tertiary/aromatic N) is 3. The van der Waals surface area contributed by atoms with Crippen LogP contribution in [0.15, 0.2) is 66.9 Å². The lowest BCUT2D eigenvalue weighted by atomic mass is 9.96. The molecule has 5 rings (SSSR count). The van der Waals surface area contributed by atoms with Crippen LogP contribution in [-0.2, 0) is 0 Å². The van der Waals surface area contributed by atoms with Gasteiger partial charge in [-0.05, 0) is 93.0 Å². The number of nitrogens with one attached hydrogen (secondary N) is 1. The lowest BCUT2D eigenvalue weighted by Crippen LogP contribution is -2.30. The molecule has 1 fully saturated rings. The maximum absolute atomic E-state index is 5.96. The monoisotopic (exact) mass is 512 g/mol. The van der Waals surface area contributed by atoms with Crippen molar-refractivity contribution in [2.24, 2.45) is 0 Å². The Morgan fingerprint density at radius 1 is 0.892 bits per heavy atom. The van der Waals surface area contributed by atoms with Crippen LogP contribution in [0.4, 0.5) is 5.69 Å². The van der Waals surface area contributed by atoms with Crippen LogP contribution >= 0.6 is 12.2 Å². The Balaban J connectivity index is 1.73. The first-order chi connectivity index (χ1) is 17.8. The van der Waals surface area contributed by atoms with Crippen molar-refractivity contribution in [3.05, 3.63) is 101 Å². The van der Waals surface area contributed by atoms with E-state index in [4.69, 9.17) is 26.7 Å². The molecule has 3 heterocycles. The van der Waals surface area contributed by atoms with Crippen LogP contribution in [0.1, 0.15) is 45.9 Å². The predicted octanol–water partition coefficient (Wildman–Crippen LogP) is 6.30. The van der Waals surface area contributed by atoms with Gasteiger partial charge in [-0.25, -0.2) is 0 Å². The largest absolute Gasteiger partial charge is 0.497 e. The minimum absolute atomic E-state index is 0.155. The standard InChI is InChI=1S/C30H32N4O2S/c1-18-10-9-12-25(20(18)3)33-19(2)16-23(21(33)4)29-28(24-11-7-8-15-31-24)32-30(37)34(29)26-17-22(35-5)13-14-27(26)36-6/h7-17,28-29H,1-6H3,(H,32,37)/t28-,29+/m0/s1. The first kappa shape index (κ1) is 24.8. The Morgan fingerprint density at radius 2 is 1.70 bits per heavy atom. The Kier molecular flexibility index (Phi) is 6.65. The summed E-state index contributed by atoms with van der Waals surface area (Å²) in [6.45, 7) is 8.67. The highest BCUT2D eigenvalue weighted by Gasteiger charge is 2.43. The molecule has 0 radical (unpaired) electrons. The number of aromatic nitrogens is 2. The number of thiocarbonyl (C=S) groups is 1. The molecule has 0 saturated carbocycles. The summed E-state index contributed by atoms with van der Waals surface area (Å²) in [6.07, 6.45) is 1.82. The van der Waals surface area contributed by atoms with Gasteiger partial charge in [0.25, 0.3) is 0 Å². The molecule has 190 valence electrons. The summed E-state index contributed by atoms with van der Waals surface area (Å²) in [6, 6.07) is 20.2. The van der Waals surface area contributed by atoms with Gasteiger partial charge in [0.1, 0.15) is 11.5 Å². The molecule has 1 aliphatic rings. The van der Waals surface area contributed by atoms with Crippen LogP contribution in [0.25, 0.3) is 5.69 Å². The quantitative estimate of drug-likeness (QED) is 0.306. The van der Waals surface area contributed by atoms with E-state index in [1.807, 2.05) is 42.6 Å². The van der Waals surface area contributed by atoms with Gasteiger partial charge in [0.15, 0.2) is 5.11 Å². The number of benzene rings is 2. The van der Waals surface area contributed by atoms with E-state index in [1.165, 1.54) is 22.4 Å². The number of rotatable bonds is 6. The summed E-state index contributed by atoms with van der Waals surface area (Å²) in [7, 11) is 3.34. The van der Waals surface area contributed by atoms with E-state index >= 15 is 0 Å². The SMILES string of the molecule is COc1ccc(OC)c(N2C(=S)N[C@@H](c3ccccn3)[C@H]2c2cc(C)n(-c3cccc(C)c3C)c2C)c1. The Bertz CT molecular complexity index is 1460. The Labute approximate surface area is 223 Å². The maximum Gasteiger partial charge on any atom is 0.174 e. The molecular formula is C30H32N4O2S. The van der Waals surface area contributed by atoms with E-state index in [9.17, 15) is 0 Å². The molecule has 0 bridgehead atoms.